The van der Waals surface area contributed by atoms with Crippen molar-refractivity contribution in [3.63, 3.8) is 0 Å². The highest BCUT2D eigenvalue weighted by atomic mass is 16.4. The van der Waals surface area contributed by atoms with Crippen LogP contribution in [0.2, 0.25) is 0 Å². The Morgan fingerprint density at radius 1 is 1.62 bits per heavy atom. The zero-order valence-electron chi connectivity index (χ0n) is 9.34. The van der Waals surface area contributed by atoms with E-state index in [1.165, 1.54) is 6.92 Å². The van der Waals surface area contributed by atoms with Crippen LogP contribution in [0, 0.1) is 0 Å². The van der Waals surface area contributed by atoms with Crippen LogP contribution in [-0.4, -0.2) is 33.8 Å². The molecular weight excluding hydrogens is 208 g/mol. The van der Waals surface area contributed by atoms with Crippen LogP contribution in [0.25, 0.3) is 0 Å². The van der Waals surface area contributed by atoms with Gasteiger partial charge in [-0.25, -0.2) is 4.79 Å². The SMILES string of the molecule is CC(CO)NC(C)(C(=O)O)c1ccccn1. The summed E-state index contributed by atoms with van der Waals surface area (Å²) in [4.78, 5) is 15.3. The monoisotopic (exact) mass is 224 g/mol. The molecule has 5 heteroatoms. The van der Waals surface area contributed by atoms with Gasteiger partial charge in [-0.2, -0.15) is 0 Å². The summed E-state index contributed by atoms with van der Waals surface area (Å²) in [5.41, 5.74) is -0.869. The average molecular weight is 224 g/mol. The molecule has 88 valence electrons. The van der Waals surface area contributed by atoms with Gasteiger partial charge in [0.05, 0.1) is 12.3 Å². The summed E-state index contributed by atoms with van der Waals surface area (Å²) >= 11 is 0. The number of aliphatic carboxylic acids is 1. The molecule has 0 spiro atoms. The molecule has 1 rings (SSSR count). The third-order valence-corrected chi connectivity index (χ3v) is 2.41. The molecule has 1 aromatic rings. The van der Waals surface area contributed by atoms with Crippen LogP contribution >= 0.6 is 0 Å². The third kappa shape index (κ3) is 2.56. The minimum atomic E-state index is -1.29. The first-order chi connectivity index (χ1) is 7.50. The van der Waals surface area contributed by atoms with E-state index >= 15 is 0 Å². The molecule has 0 bridgehead atoms. The summed E-state index contributed by atoms with van der Waals surface area (Å²) in [6.45, 7) is 3.11. The second-order valence-corrected chi connectivity index (χ2v) is 3.87. The number of pyridine rings is 1. The van der Waals surface area contributed by atoms with Crippen LogP contribution in [0.1, 0.15) is 19.5 Å². The third-order valence-electron chi connectivity index (χ3n) is 2.41. The highest BCUT2D eigenvalue weighted by molar-refractivity contribution is 5.79. The van der Waals surface area contributed by atoms with E-state index in [2.05, 4.69) is 10.3 Å². The molecule has 0 aliphatic rings. The van der Waals surface area contributed by atoms with Crippen molar-refractivity contribution in [2.75, 3.05) is 6.61 Å². The maximum Gasteiger partial charge on any atom is 0.329 e. The normalized spacial score (nSPS) is 16.4. The number of rotatable bonds is 5. The van der Waals surface area contributed by atoms with E-state index in [-0.39, 0.29) is 12.6 Å². The van der Waals surface area contributed by atoms with Gasteiger partial charge in [-0.15, -0.1) is 0 Å². The number of carboxylic acids is 1. The van der Waals surface area contributed by atoms with Crippen LogP contribution in [0.15, 0.2) is 24.4 Å². The predicted octanol–water partition coefficient (Wildman–Crippen LogP) is 0.352. The van der Waals surface area contributed by atoms with Gasteiger partial charge in [-0.05, 0) is 26.0 Å². The zero-order chi connectivity index (χ0) is 12.2. The number of nitrogens with one attached hydrogen (secondary N) is 1. The van der Waals surface area contributed by atoms with Gasteiger partial charge in [0, 0.05) is 12.2 Å². The number of aliphatic hydroxyl groups excluding tert-OH is 1. The molecule has 0 fully saturated rings. The minimum Gasteiger partial charge on any atom is -0.480 e. The van der Waals surface area contributed by atoms with E-state index in [9.17, 15) is 9.90 Å². The van der Waals surface area contributed by atoms with E-state index in [1.54, 1.807) is 31.3 Å². The van der Waals surface area contributed by atoms with Gasteiger partial charge in [0.15, 0.2) is 5.54 Å². The summed E-state index contributed by atoms with van der Waals surface area (Å²) in [6, 6.07) is 4.78. The average Bonchev–Trinajstić information content (AvgIpc) is 2.29. The van der Waals surface area contributed by atoms with Crippen LogP contribution in [0.5, 0.6) is 0 Å². The Morgan fingerprint density at radius 2 is 2.31 bits per heavy atom. The fourth-order valence-electron chi connectivity index (χ4n) is 1.44. The van der Waals surface area contributed by atoms with Crippen molar-refractivity contribution in [1.82, 2.24) is 10.3 Å². The van der Waals surface area contributed by atoms with Crippen molar-refractivity contribution < 1.29 is 15.0 Å². The van der Waals surface area contributed by atoms with E-state index in [4.69, 9.17) is 5.11 Å². The summed E-state index contributed by atoms with van der Waals surface area (Å²) < 4.78 is 0. The van der Waals surface area contributed by atoms with Gasteiger partial charge in [-0.1, -0.05) is 6.07 Å². The Labute approximate surface area is 94.1 Å². The summed E-state index contributed by atoms with van der Waals surface area (Å²) in [5, 5.41) is 21.0. The van der Waals surface area contributed by atoms with E-state index in [0.29, 0.717) is 5.69 Å². The fraction of sp³-hybridized carbons (Fsp3) is 0.455. The lowest BCUT2D eigenvalue weighted by molar-refractivity contribution is -0.145. The van der Waals surface area contributed by atoms with Crippen molar-refractivity contribution in [3.05, 3.63) is 30.1 Å². The molecule has 2 unspecified atom stereocenters. The fourth-order valence-corrected chi connectivity index (χ4v) is 1.44. The molecule has 0 aliphatic carbocycles. The highest BCUT2D eigenvalue weighted by Crippen LogP contribution is 2.19. The van der Waals surface area contributed by atoms with E-state index < -0.39 is 11.5 Å². The molecule has 0 amide bonds. The molecular formula is C11H16N2O3. The summed E-state index contributed by atoms with van der Waals surface area (Å²) in [6.07, 6.45) is 1.54. The number of nitrogens with zero attached hydrogens (tertiary/aromatic N) is 1. The van der Waals surface area contributed by atoms with Gasteiger partial charge in [0.2, 0.25) is 0 Å². The molecule has 0 aliphatic heterocycles. The maximum absolute atomic E-state index is 11.3. The van der Waals surface area contributed by atoms with Gasteiger partial charge in [0.25, 0.3) is 0 Å². The Hall–Kier alpha value is -1.46. The Balaban J connectivity index is 3.02. The molecule has 0 saturated heterocycles. The molecule has 0 radical (unpaired) electrons. The number of hydrogen-bond donors (Lipinski definition) is 3. The number of aromatic nitrogens is 1. The minimum absolute atomic E-state index is 0.129. The number of carbonyl (C=O) groups is 1. The van der Waals surface area contributed by atoms with E-state index in [0.717, 1.165) is 0 Å². The van der Waals surface area contributed by atoms with Crippen LogP contribution in [-0.2, 0) is 10.3 Å². The molecule has 5 nitrogen and oxygen atoms in total. The van der Waals surface area contributed by atoms with Gasteiger partial charge in [-0.3, -0.25) is 10.3 Å². The Kier molecular flexibility index (Phi) is 3.98. The van der Waals surface area contributed by atoms with Crippen molar-refractivity contribution in [1.29, 1.82) is 0 Å². The molecule has 16 heavy (non-hydrogen) atoms. The largest absolute Gasteiger partial charge is 0.480 e. The first kappa shape index (κ1) is 12.6. The Bertz CT molecular complexity index is 356. The molecule has 1 heterocycles. The van der Waals surface area contributed by atoms with Crippen LogP contribution < -0.4 is 5.32 Å². The van der Waals surface area contributed by atoms with Crippen molar-refractivity contribution >= 4 is 5.97 Å². The van der Waals surface area contributed by atoms with Gasteiger partial charge >= 0.3 is 5.97 Å². The second-order valence-electron chi connectivity index (χ2n) is 3.87. The molecule has 2 atom stereocenters. The molecule has 1 aromatic heterocycles. The quantitative estimate of drug-likeness (QED) is 0.672. The summed E-state index contributed by atoms with van der Waals surface area (Å²) in [7, 11) is 0. The smallest absolute Gasteiger partial charge is 0.329 e. The first-order valence-corrected chi connectivity index (χ1v) is 5.04. The lowest BCUT2D eigenvalue weighted by Crippen LogP contribution is -2.52. The van der Waals surface area contributed by atoms with Gasteiger partial charge in [0.1, 0.15) is 0 Å². The zero-order valence-corrected chi connectivity index (χ0v) is 9.34. The lowest BCUT2D eigenvalue weighted by atomic mass is 9.96. The van der Waals surface area contributed by atoms with Crippen molar-refractivity contribution in [2.45, 2.75) is 25.4 Å². The molecule has 0 saturated carbocycles. The number of carboxylic acid groups (broad SMARTS) is 1. The van der Waals surface area contributed by atoms with Crippen molar-refractivity contribution in [2.24, 2.45) is 0 Å². The number of hydrogen-bond acceptors (Lipinski definition) is 4. The maximum atomic E-state index is 11.3. The topological polar surface area (TPSA) is 82.5 Å². The second kappa shape index (κ2) is 5.05. The number of aliphatic hydroxyl groups is 1. The highest BCUT2D eigenvalue weighted by Gasteiger charge is 2.37. The summed E-state index contributed by atoms with van der Waals surface area (Å²) in [5.74, 6) is -1.02. The Morgan fingerprint density at radius 3 is 2.75 bits per heavy atom. The first-order valence-electron chi connectivity index (χ1n) is 5.04. The standard InChI is InChI=1S/C11H16N2O3/c1-8(7-14)13-11(2,10(15)16)9-5-3-4-6-12-9/h3-6,8,13-14H,7H2,1-2H3,(H,15,16). The van der Waals surface area contributed by atoms with Crippen LogP contribution in [0.3, 0.4) is 0 Å². The molecule has 0 aromatic carbocycles. The molecule has 3 N–H and O–H groups in total. The van der Waals surface area contributed by atoms with E-state index in [1.807, 2.05) is 0 Å². The van der Waals surface area contributed by atoms with Crippen molar-refractivity contribution in [3.8, 4) is 0 Å². The lowest BCUT2D eigenvalue weighted by Gasteiger charge is -2.28. The predicted molar refractivity (Wildman–Crippen MR) is 58.9 cm³/mol. The van der Waals surface area contributed by atoms with Gasteiger partial charge < -0.3 is 10.2 Å². The van der Waals surface area contributed by atoms with Crippen LogP contribution in [0.4, 0.5) is 0 Å².